The first-order chi connectivity index (χ1) is 15.1. The fourth-order valence-electron chi connectivity index (χ4n) is 3.96. The molecule has 4 rings (SSSR count). The molecule has 1 aliphatic rings. The highest BCUT2D eigenvalue weighted by Gasteiger charge is 2.31. The summed E-state index contributed by atoms with van der Waals surface area (Å²) in [7, 11) is 0. The van der Waals surface area contributed by atoms with Crippen LogP contribution in [0.15, 0.2) is 36.5 Å². The van der Waals surface area contributed by atoms with E-state index in [2.05, 4.69) is 27.2 Å². The molecule has 0 saturated carbocycles. The number of benzene rings is 1. The first kappa shape index (κ1) is 20.8. The molecule has 0 radical (unpaired) electrons. The molecular formula is C23H27N5O3. The molecule has 0 aliphatic carbocycles. The van der Waals surface area contributed by atoms with E-state index in [1.807, 2.05) is 29.8 Å². The molecule has 31 heavy (non-hydrogen) atoms. The Labute approximate surface area is 181 Å². The van der Waals surface area contributed by atoms with Gasteiger partial charge in [0.2, 0.25) is 0 Å². The molecule has 1 N–H and O–H groups in total. The number of aromatic nitrogens is 4. The molecule has 1 aromatic carbocycles. The fraction of sp³-hybridized carbons (Fsp3) is 0.391. The molecule has 2 aromatic heterocycles. The summed E-state index contributed by atoms with van der Waals surface area (Å²) in [6, 6.07) is 10.3. The van der Waals surface area contributed by atoms with Crippen molar-refractivity contribution in [2.75, 3.05) is 13.2 Å². The van der Waals surface area contributed by atoms with E-state index in [0.717, 1.165) is 29.8 Å². The Morgan fingerprint density at radius 2 is 2.03 bits per heavy atom. The number of nitrogens with zero attached hydrogens (tertiary/aromatic N) is 4. The third-order valence-electron chi connectivity index (χ3n) is 5.47. The summed E-state index contributed by atoms with van der Waals surface area (Å²) in [6.07, 6.45) is 4.12. The standard InChI is InChI=1S/C23H27N5O3/c1-3-31-23(30)20-18-15-27(22(29)21-24-14-16(2)25-21)13-11-19(18)28(26-20)12-7-10-17-8-5-4-6-9-17/h4-6,8-9,14H,3,7,10-13,15H2,1-2H3,(H,24,25). The lowest BCUT2D eigenvalue weighted by Gasteiger charge is -2.27. The van der Waals surface area contributed by atoms with E-state index >= 15 is 0 Å². The number of H-pyrrole nitrogens is 1. The lowest BCUT2D eigenvalue weighted by Crippen LogP contribution is -2.37. The van der Waals surface area contributed by atoms with Crippen LogP contribution in [-0.4, -0.2) is 49.7 Å². The van der Waals surface area contributed by atoms with Gasteiger partial charge in [-0.3, -0.25) is 9.48 Å². The van der Waals surface area contributed by atoms with Crippen molar-refractivity contribution >= 4 is 11.9 Å². The Morgan fingerprint density at radius 1 is 1.23 bits per heavy atom. The minimum Gasteiger partial charge on any atom is -0.461 e. The largest absolute Gasteiger partial charge is 0.461 e. The molecule has 0 bridgehead atoms. The number of hydrogen-bond donors (Lipinski definition) is 1. The number of carbonyl (C=O) groups excluding carboxylic acids is 2. The number of hydrogen-bond acceptors (Lipinski definition) is 5. The molecule has 162 valence electrons. The third kappa shape index (κ3) is 4.52. The normalized spacial score (nSPS) is 13.2. The van der Waals surface area contributed by atoms with Crippen molar-refractivity contribution in [2.45, 2.75) is 46.2 Å². The monoisotopic (exact) mass is 421 g/mol. The van der Waals surface area contributed by atoms with Gasteiger partial charge in [0.1, 0.15) is 0 Å². The number of fused-ring (bicyclic) bond motifs is 1. The van der Waals surface area contributed by atoms with Crippen molar-refractivity contribution in [3.8, 4) is 0 Å². The number of esters is 1. The second-order valence-corrected chi connectivity index (χ2v) is 7.70. The second-order valence-electron chi connectivity index (χ2n) is 7.70. The van der Waals surface area contributed by atoms with Gasteiger partial charge in [0.15, 0.2) is 11.5 Å². The summed E-state index contributed by atoms with van der Waals surface area (Å²) in [5.74, 6) is -0.303. The average molecular weight is 422 g/mol. The van der Waals surface area contributed by atoms with Crippen LogP contribution in [-0.2, 0) is 30.7 Å². The van der Waals surface area contributed by atoms with Gasteiger partial charge in [-0.1, -0.05) is 30.3 Å². The minimum atomic E-state index is -0.441. The highest BCUT2D eigenvalue weighted by molar-refractivity contribution is 5.92. The molecule has 1 aliphatic heterocycles. The molecule has 3 aromatic rings. The summed E-state index contributed by atoms with van der Waals surface area (Å²) in [5.41, 5.74) is 4.21. The Balaban J connectivity index is 1.54. The van der Waals surface area contributed by atoms with E-state index < -0.39 is 5.97 Å². The lowest BCUT2D eigenvalue weighted by atomic mass is 10.0. The van der Waals surface area contributed by atoms with Crippen molar-refractivity contribution in [2.24, 2.45) is 0 Å². The number of amides is 1. The number of rotatable bonds is 7. The van der Waals surface area contributed by atoms with Gasteiger partial charge in [0.05, 0.1) is 13.2 Å². The van der Waals surface area contributed by atoms with Crippen molar-refractivity contribution in [3.63, 3.8) is 0 Å². The van der Waals surface area contributed by atoms with Gasteiger partial charge in [-0.15, -0.1) is 0 Å². The smallest absolute Gasteiger partial charge is 0.359 e. The first-order valence-electron chi connectivity index (χ1n) is 10.7. The highest BCUT2D eigenvalue weighted by Crippen LogP contribution is 2.25. The number of nitrogens with one attached hydrogen (secondary N) is 1. The van der Waals surface area contributed by atoms with Crippen LogP contribution < -0.4 is 0 Å². The lowest BCUT2D eigenvalue weighted by molar-refractivity contribution is 0.0512. The van der Waals surface area contributed by atoms with E-state index in [0.29, 0.717) is 37.6 Å². The molecule has 0 unspecified atom stereocenters. The highest BCUT2D eigenvalue weighted by atomic mass is 16.5. The van der Waals surface area contributed by atoms with Crippen LogP contribution in [0.1, 0.15) is 57.0 Å². The maximum atomic E-state index is 12.9. The van der Waals surface area contributed by atoms with Gasteiger partial charge in [-0.05, 0) is 32.3 Å². The molecule has 0 saturated heterocycles. The molecule has 0 atom stereocenters. The van der Waals surface area contributed by atoms with Crippen LogP contribution in [0.3, 0.4) is 0 Å². The predicted molar refractivity (Wildman–Crippen MR) is 115 cm³/mol. The van der Waals surface area contributed by atoms with Crippen molar-refractivity contribution in [1.29, 1.82) is 0 Å². The molecule has 0 fully saturated rings. The maximum Gasteiger partial charge on any atom is 0.359 e. The summed E-state index contributed by atoms with van der Waals surface area (Å²) < 4.78 is 7.15. The van der Waals surface area contributed by atoms with Crippen molar-refractivity contribution < 1.29 is 14.3 Å². The Morgan fingerprint density at radius 3 is 2.74 bits per heavy atom. The number of imidazole rings is 1. The zero-order valence-electron chi connectivity index (χ0n) is 17.9. The molecule has 8 heteroatoms. The average Bonchev–Trinajstić information content (AvgIpc) is 3.38. The fourth-order valence-corrected chi connectivity index (χ4v) is 3.96. The minimum absolute atomic E-state index is 0.176. The van der Waals surface area contributed by atoms with E-state index in [1.54, 1.807) is 18.0 Å². The van der Waals surface area contributed by atoms with E-state index in [9.17, 15) is 9.59 Å². The van der Waals surface area contributed by atoms with Gasteiger partial charge < -0.3 is 14.6 Å². The second kappa shape index (κ2) is 9.16. The third-order valence-corrected chi connectivity index (χ3v) is 5.47. The molecule has 8 nitrogen and oxygen atoms in total. The van der Waals surface area contributed by atoms with Gasteiger partial charge in [-0.2, -0.15) is 5.10 Å². The number of ether oxygens (including phenoxy) is 1. The maximum absolute atomic E-state index is 12.9. The molecule has 1 amide bonds. The van der Waals surface area contributed by atoms with Gasteiger partial charge in [0.25, 0.3) is 5.91 Å². The van der Waals surface area contributed by atoms with Crippen LogP contribution in [0, 0.1) is 6.92 Å². The van der Waals surface area contributed by atoms with Gasteiger partial charge in [0, 0.05) is 42.7 Å². The molecular weight excluding hydrogens is 394 g/mol. The van der Waals surface area contributed by atoms with E-state index in [-0.39, 0.29) is 12.5 Å². The molecule has 0 spiro atoms. The summed E-state index contributed by atoms with van der Waals surface area (Å²) in [5, 5.41) is 4.59. The van der Waals surface area contributed by atoms with Crippen LogP contribution in [0.25, 0.3) is 0 Å². The quantitative estimate of drug-likeness (QED) is 0.592. The van der Waals surface area contributed by atoms with E-state index in [4.69, 9.17) is 4.74 Å². The molecule has 3 heterocycles. The summed E-state index contributed by atoms with van der Waals surface area (Å²) in [4.78, 5) is 34.3. The van der Waals surface area contributed by atoms with Crippen LogP contribution in [0.2, 0.25) is 0 Å². The van der Waals surface area contributed by atoms with Crippen LogP contribution in [0.5, 0.6) is 0 Å². The van der Waals surface area contributed by atoms with E-state index in [1.165, 1.54) is 5.56 Å². The van der Waals surface area contributed by atoms with Crippen molar-refractivity contribution in [1.82, 2.24) is 24.6 Å². The topological polar surface area (TPSA) is 93.1 Å². The van der Waals surface area contributed by atoms with Crippen LogP contribution in [0.4, 0.5) is 0 Å². The number of carbonyl (C=O) groups is 2. The first-order valence-corrected chi connectivity index (χ1v) is 10.7. The Bertz CT molecular complexity index is 1070. The van der Waals surface area contributed by atoms with Gasteiger partial charge >= 0.3 is 5.97 Å². The summed E-state index contributed by atoms with van der Waals surface area (Å²) in [6.45, 7) is 5.50. The Hall–Kier alpha value is -3.42. The SMILES string of the molecule is CCOC(=O)c1nn(CCCc2ccccc2)c2c1CN(C(=O)c1ncc(C)[nH]1)CC2. The number of aromatic amines is 1. The van der Waals surface area contributed by atoms with Crippen LogP contribution >= 0.6 is 0 Å². The predicted octanol–water partition coefficient (Wildman–Crippen LogP) is 2.92. The number of aryl methyl sites for hydroxylation is 3. The van der Waals surface area contributed by atoms with Crippen molar-refractivity contribution in [3.05, 3.63) is 70.6 Å². The zero-order chi connectivity index (χ0) is 21.8. The Kier molecular flexibility index (Phi) is 6.16. The summed E-state index contributed by atoms with van der Waals surface area (Å²) >= 11 is 0. The van der Waals surface area contributed by atoms with Gasteiger partial charge in [-0.25, -0.2) is 9.78 Å². The zero-order valence-corrected chi connectivity index (χ0v) is 17.9.